The quantitative estimate of drug-likeness (QED) is 0.498. The van der Waals surface area contributed by atoms with Crippen LogP contribution in [0.5, 0.6) is 0 Å². The molecule has 0 aromatic rings. The molecule has 4 heteroatoms. The van der Waals surface area contributed by atoms with Crippen molar-refractivity contribution in [3.05, 3.63) is 0 Å². The third-order valence-electron chi connectivity index (χ3n) is 3.50. The van der Waals surface area contributed by atoms with Gasteiger partial charge in [0.05, 0.1) is 12.7 Å². The van der Waals surface area contributed by atoms with Crippen LogP contribution in [0.1, 0.15) is 25.7 Å². The largest absolute Gasteiger partial charge is 0.396 e. The van der Waals surface area contributed by atoms with Crippen LogP contribution < -0.4 is 0 Å². The predicted molar refractivity (Wildman–Crippen MR) is 51.7 cm³/mol. The molecule has 0 spiro atoms. The molecule has 0 amide bonds. The van der Waals surface area contributed by atoms with Gasteiger partial charge in [-0.25, -0.2) is 0 Å². The number of aliphatic hydroxyl groups excluding tert-OH is 4. The zero-order valence-electron chi connectivity index (χ0n) is 8.39. The van der Waals surface area contributed by atoms with Gasteiger partial charge in [0.25, 0.3) is 0 Å². The van der Waals surface area contributed by atoms with Crippen molar-refractivity contribution in [2.75, 3.05) is 19.8 Å². The van der Waals surface area contributed by atoms with Crippen LogP contribution >= 0.6 is 0 Å². The Morgan fingerprint density at radius 1 is 1.21 bits per heavy atom. The van der Waals surface area contributed by atoms with E-state index in [9.17, 15) is 10.2 Å². The van der Waals surface area contributed by atoms with Crippen molar-refractivity contribution >= 4 is 0 Å². The Hall–Kier alpha value is -0.160. The first-order chi connectivity index (χ1) is 6.68. The van der Waals surface area contributed by atoms with Gasteiger partial charge in [-0.05, 0) is 31.6 Å². The normalized spacial score (nSPS) is 38.6. The number of hydrogen-bond donors (Lipinski definition) is 4. The van der Waals surface area contributed by atoms with Crippen LogP contribution in [0.25, 0.3) is 0 Å². The highest BCUT2D eigenvalue weighted by Crippen LogP contribution is 2.41. The lowest BCUT2D eigenvalue weighted by Crippen LogP contribution is -2.44. The summed E-state index contributed by atoms with van der Waals surface area (Å²) < 4.78 is 0. The second-order valence-corrected chi connectivity index (χ2v) is 4.33. The SMILES string of the molecule is OCC[C@@]1(CO)CC[C@H](CO)C[C@@H]1O. The summed E-state index contributed by atoms with van der Waals surface area (Å²) in [7, 11) is 0. The lowest BCUT2D eigenvalue weighted by Gasteiger charge is -2.42. The van der Waals surface area contributed by atoms with Gasteiger partial charge in [0, 0.05) is 18.6 Å². The Kier molecular flexibility index (Phi) is 4.31. The molecule has 1 fully saturated rings. The molecule has 1 rings (SSSR count). The first-order valence-electron chi connectivity index (χ1n) is 5.19. The van der Waals surface area contributed by atoms with Gasteiger partial charge in [-0.1, -0.05) is 0 Å². The molecular formula is C10H20O4. The molecule has 0 saturated heterocycles. The van der Waals surface area contributed by atoms with E-state index in [1.165, 1.54) is 0 Å². The third-order valence-corrected chi connectivity index (χ3v) is 3.50. The molecule has 0 aromatic heterocycles. The van der Waals surface area contributed by atoms with Crippen molar-refractivity contribution in [2.45, 2.75) is 31.8 Å². The van der Waals surface area contributed by atoms with E-state index >= 15 is 0 Å². The van der Waals surface area contributed by atoms with Gasteiger partial charge in [-0.2, -0.15) is 0 Å². The Bertz CT molecular complexity index is 174. The Morgan fingerprint density at radius 3 is 2.36 bits per heavy atom. The molecule has 1 aliphatic carbocycles. The molecule has 0 aliphatic heterocycles. The van der Waals surface area contributed by atoms with Crippen LogP contribution in [-0.4, -0.2) is 46.4 Å². The van der Waals surface area contributed by atoms with Crippen LogP contribution in [0.2, 0.25) is 0 Å². The highest BCUT2D eigenvalue weighted by Gasteiger charge is 2.41. The monoisotopic (exact) mass is 204 g/mol. The molecule has 84 valence electrons. The van der Waals surface area contributed by atoms with E-state index in [4.69, 9.17) is 10.2 Å². The highest BCUT2D eigenvalue weighted by atomic mass is 16.3. The topological polar surface area (TPSA) is 80.9 Å². The number of hydrogen-bond acceptors (Lipinski definition) is 4. The van der Waals surface area contributed by atoms with Crippen molar-refractivity contribution < 1.29 is 20.4 Å². The van der Waals surface area contributed by atoms with Crippen LogP contribution in [0.3, 0.4) is 0 Å². The third kappa shape index (κ3) is 2.25. The first-order valence-corrected chi connectivity index (χ1v) is 5.19. The van der Waals surface area contributed by atoms with Gasteiger partial charge in [0.1, 0.15) is 0 Å². The molecule has 0 unspecified atom stereocenters. The molecule has 0 radical (unpaired) electrons. The van der Waals surface area contributed by atoms with Crippen molar-refractivity contribution in [3.63, 3.8) is 0 Å². The summed E-state index contributed by atoms with van der Waals surface area (Å²) in [5.74, 6) is 0.142. The van der Waals surface area contributed by atoms with Gasteiger partial charge >= 0.3 is 0 Å². The molecule has 0 heterocycles. The summed E-state index contributed by atoms with van der Waals surface area (Å²) >= 11 is 0. The van der Waals surface area contributed by atoms with Crippen molar-refractivity contribution in [2.24, 2.45) is 11.3 Å². The minimum Gasteiger partial charge on any atom is -0.396 e. The van der Waals surface area contributed by atoms with E-state index in [-0.39, 0.29) is 25.7 Å². The van der Waals surface area contributed by atoms with Gasteiger partial charge in [-0.3, -0.25) is 0 Å². The lowest BCUT2D eigenvalue weighted by molar-refractivity contribution is -0.0800. The minimum atomic E-state index is -0.606. The average Bonchev–Trinajstić information content (AvgIpc) is 2.21. The first kappa shape index (κ1) is 11.9. The lowest BCUT2D eigenvalue weighted by atomic mass is 9.67. The Labute approximate surface area is 84.2 Å². The molecule has 14 heavy (non-hydrogen) atoms. The smallest absolute Gasteiger partial charge is 0.0622 e. The summed E-state index contributed by atoms with van der Waals surface area (Å²) in [6, 6.07) is 0. The van der Waals surface area contributed by atoms with Gasteiger partial charge in [0.2, 0.25) is 0 Å². The summed E-state index contributed by atoms with van der Waals surface area (Å²) in [6.07, 6.45) is 1.84. The van der Waals surface area contributed by atoms with Gasteiger partial charge in [0.15, 0.2) is 0 Å². The zero-order chi connectivity index (χ0) is 10.6. The molecule has 4 N–H and O–H groups in total. The van der Waals surface area contributed by atoms with E-state index < -0.39 is 11.5 Å². The average molecular weight is 204 g/mol. The summed E-state index contributed by atoms with van der Waals surface area (Å²) in [4.78, 5) is 0. The van der Waals surface area contributed by atoms with Gasteiger partial charge < -0.3 is 20.4 Å². The predicted octanol–water partition coefficient (Wildman–Crippen LogP) is -0.499. The molecule has 4 nitrogen and oxygen atoms in total. The Morgan fingerprint density at radius 2 is 1.93 bits per heavy atom. The van der Waals surface area contributed by atoms with E-state index in [1.807, 2.05) is 0 Å². The summed E-state index contributed by atoms with van der Waals surface area (Å²) in [5.41, 5.74) is -0.541. The fourth-order valence-electron chi connectivity index (χ4n) is 2.29. The summed E-state index contributed by atoms with van der Waals surface area (Å²) in [5, 5.41) is 37.0. The minimum absolute atomic E-state index is 0.0125. The second kappa shape index (κ2) is 5.07. The van der Waals surface area contributed by atoms with Crippen molar-refractivity contribution in [3.8, 4) is 0 Å². The standard InChI is InChI=1S/C10H20O4/c11-4-3-10(7-13)2-1-8(6-12)5-9(10)14/h8-9,11-14H,1-7H2/t8-,9-,10+/m0/s1. The molecular weight excluding hydrogens is 184 g/mol. The van der Waals surface area contributed by atoms with Crippen LogP contribution in [0, 0.1) is 11.3 Å². The fraction of sp³-hybridized carbons (Fsp3) is 1.00. The molecule has 1 aliphatic rings. The van der Waals surface area contributed by atoms with Crippen molar-refractivity contribution in [1.29, 1.82) is 0 Å². The molecule has 3 atom stereocenters. The second-order valence-electron chi connectivity index (χ2n) is 4.33. The van der Waals surface area contributed by atoms with E-state index in [0.717, 1.165) is 6.42 Å². The number of aliphatic hydroxyl groups is 4. The highest BCUT2D eigenvalue weighted by molar-refractivity contribution is 4.91. The molecule has 0 bridgehead atoms. The maximum absolute atomic E-state index is 9.87. The maximum Gasteiger partial charge on any atom is 0.0622 e. The van der Waals surface area contributed by atoms with Crippen LogP contribution in [0.15, 0.2) is 0 Å². The van der Waals surface area contributed by atoms with Crippen molar-refractivity contribution in [1.82, 2.24) is 0 Å². The zero-order valence-corrected chi connectivity index (χ0v) is 8.39. The Balaban J connectivity index is 2.61. The van der Waals surface area contributed by atoms with Crippen LogP contribution in [-0.2, 0) is 0 Å². The number of rotatable bonds is 4. The molecule has 1 saturated carbocycles. The van der Waals surface area contributed by atoms with Crippen LogP contribution in [0.4, 0.5) is 0 Å². The van der Waals surface area contributed by atoms with Gasteiger partial charge in [-0.15, -0.1) is 0 Å². The fourth-order valence-corrected chi connectivity index (χ4v) is 2.29. The molecule has 0 aromatic carbocycles. The van der Waals surface area contributed by atoms with E-state index in [1.54, 1.807) is 0 Å². The summed E-state index contributed by atoms with van der Waals surface area (Å²) in [6.45, 7) is -0.00796. The maximum atomic E-state index is 9.87. The van der Waals surface area contributed by atoms with E-state index in [2.05, 4.69) is 0 Å². The van der Waals surface area contributed by atoms with E-state index in [0.29, 0.717) is 19.3 Å².